The SMILES string of the molecule is CCOc1c(OC)cccc1C1Nc2ccccc2NC2=C1C(=O)CC(c1ccccc1OC)C2. The molecular formula is C29H30N2O4. The van der Waals surface area contributed by atoms with Gasteiger partial charge in [0.25, 0.3) is 0 Å². The van der Waals surface area contributed by atoms with Gasteiger partial charge in [0.05, 0.1) is 38.2 Å². The summed E-state index contributed by atoms with van der Waals surface area (Å²) in [4.78, 5) is 13.9. The van der Waals surface area contributed by atoms with Crippen molar-refractivity contribution in [2.45, 2.75) is 31.7 Å². The Labute approximate surface area is 205 Å². The number of carbonyl (C=O) groups excluding carboxylic acids is 1. The molecule has 0 saturated heterocycles. The molecule has 2 unspecified atom stereocenters. The molecular weight excluding hydrogens is 440 g/mol. The van der Waals surface area contributed by atoms with E-state index in [1.165, 1.54) is 0 Å². The molecule has 2 atom stereocenters. The number of hydrogen-bond acceptors (Lipinski definition) is 6. The number of para-hydroxylation sites is 4. The van der Waals surface area contributed by atoms with Gasteiger partial charge in [-0.05, 0) is 43.2 Å². The van der Waals surface area contributed by atoms with Crippen LogP contribution in [0, 0.1) is 0 Å². The number of hydrogen-bond donors (Lipinski definition) is 2. The molecule has 0 spiro atoms. The molecule has 1 aliphatic heterocycles. The van der Waals surface area contributed by atoms with E-state index in [2.05, 4.69) is 16.7 Å². The van der Waals surface area contributed by atoms with E-state index in [0.29, 0.717) is 30.9 Å². The number of ether oxygens (including phenoxy) is 3. The van der Waals surface area contributed by atoms with Gasteiger partial charge < -0.3 is 24.8 Å². The summed E-state index contributed by atoms with van der Waals surface area (Å²) in [6.07, 6.45) is 1.10. The van der Waals surface area contributed by atoms with Gasteiger partial charge in [0, 0.05) is 29.2 Å². The van der Waals surface area contributed by atoms with E-state index in [0.717, 1.165) is 39.5 Å². The molecule has 0 aromatic heterocycles. The molecule has 0 saturated carbocycles. The first-order chi connectivity index (χ1) is 17.1. The summed E-state index contributed by atoms with van der Waals surface area (Å²) in [7, 11) is 3.31. The van der Waals surface area contributed by atoms with E-state index in [1.807, 2.05) is 67.6 Å². The highest BCUT2D eigenvalue weighted by Gasteiger charge is 2.38. The summed E-state index contributed by atoms with van der Waals surface area (Å²) in [6, 6.07) is 21.4. The number of fused-ring (bicyclic) bond motifs is 1. The lowest BCUT2D eigenvalue weighted by Gasteiger charge is -2.31. The molecule has 35 heavy (non-hydrogen) atoms. The largest absolute Gasteiger partial charge is 0.496 e. The number of Topliss-reactive ketones (excluding diaryl/α,β-unsaturated/α-hetero) is 1. The molecule has 0 radical (unpaired) electrons. The number of ketones is 1. The highest BCUT2D eigenvalue weighted by molar-refractivity contribution is 6.01. The summed E-state index contributed by atoms with van der Waals surface area (Å²) in [5.41, 5.74) is 5.46. The van der Waals surface area contributed by atoms with Gasteiger partial charge >= 0.3 is 0 Å². The fraction of sp³-hybridized carbons (Fsp3) is 0.276. The second-order valence-electron chi connectivity index (χ2n) is 8.72. The van der Waals surface area contributed by atoms with Crippen LogP contribution in [-0.2, 0) is 4.79 Å². The van der Waals surface area contributed by atoms with Crippen molar-refractivity contribution in [3.05, 3.63) is 89.1 Å². The Balaban J connectivity index is 1.66. The topological polar surface area (TPSA) is 68.8 Å². The van der Waals surface area contributed by atoms with Crippen LogP contribution in [0.5, 0.6) is 17.2 Å². The minimum absolute atomic E-state index is 0.0208. The summed E-state index contributed by atoms with van der Waals surface area (Å²) < 4.78 is 17.3. The number of rotatable bonds is 6. The third kappa shape index (κ3) is 4.20. The van der Waals surface area contributed by atoms with Crippen LogP contribution in [0.15, 0.2) is 78.0 Å². The Hall–Kier alpha value is -3.93. The minimum atomic E-state index is -0.385. The van der Waals surface area contributed by atoms with Crippen molar-refractivity contribution in [2.24, 2.45) is 0 Å². The summed E-state index contributed by atoms with van der Waals surface area (Å²) in [5.74, 6) is 2.23. The summed E-state index contributed by atoms with van der Waals surface area (Å²) in [6.45, 7) is 2.44. The van der Waals surface area contributed by atoms with Crippen LogP contribution in [0.4, 0.5) is 11.4 Å². The maximum Gasteiger partial charge on any atom is 0.166 e. The van der Waals surface area contributed by atoms with Gasteiger partial charge in [-0.1, -0.05) is 42.5 Å². The van der Waals surface area contributed by atoms with E-state index < -0.39 is 0 Å². The maximum atomic E-state index is 13.9. The predicted octanol–water partition coefficient (Wildman–Crippen LogP) is 6.08. The Bertz CT molecular complexity index is 1280. The first kappa shape index (κ1) is 22.8. The molecule has 3 aromatic rings. The Morgan fingerprint density at radius 3 is 2.29 bits per heavy atom. The highest BCUT2D eigenvalue weighted by atomic mass is 16.5. The molecule has 0 fully saturated rings. The zero-order valence-corrected chi connectivity index (χ0v) is 20.3. The maximum absolute atomic E-state index is 13.9. The van der Waals surface area contributed by atoms with E-state index >= 15 is 0 Å². The number of benzene rings is 3. The van der Waals surface area contributed by atoms with E-state index in [9.17, 15) is 4.79 Å². The summed E-state index contributed by atoms with van der Waals surface area (Å²) in [5, 5.41) is 7.22. The van der Waals surface area contributed by atoms with Crippen molar-refractivity contribution in [3.63, 3.8) is 0 Å². The Morgan fingerprint density at radius 2 is 1.51 bits per heavy atom. The lowest BCUT2D eigenvalue weighted by Crippen LogP contribution is -2.27. The van der Waals surface area contributed by atoms with E-state index in [4.69, 9.17) is 14.2 Å². The molecule has 2 aliphatic rings. The van der Waals surface area contributed by atoms with Crippen molar-refractivity contribution in [3.8, 4) is 17.2 Å². The third-order valence-corrected chi connectivity index (χ3v) is 6.72. The van der Waals surface area contributed by atoms with Crippen LogP contribution in [0.1, 0.15) is 42.9 Å². The Kier molecular flexibility index (Phi) is 6.36. The first-order valence-corrected chi connectivity index (χ1v) is 12.0. The van der Waals surface area contributed by atoms with Crippen LogP contribution in [0.25, 0.3) is 0 Å². The first-order valence-electron chi connectivity index (χ1n) is 12.0. The molecule has 1 heterocycles. The second-order valence-corrected chi connectivity index (χ2v) is 8.72. The molecule has 5 rings (SSSR count). The number of carbonyl (C=O) groups is 1. The lowest BCUT2D eigenvalue weighted by molar-refractivity contribution is -0.116. The van der Waals surface area contributed by atoms with Crippen molar-refractivity contribution in [1.82, 2.24) is 0 Å². The lowest BCUT2D eigenvalue weighted by atomic mass is 9.78. The molecule has 0 bridgehead atoms. The monoisotopic (exact) mass is 470 g/mol. The van der Waals surface area contributed by atoms with Crippen molar-refractivity contribution in [1.29, 1.82) is 0 Å². The van der Waals surface area contributed by atoms with Gasteiger partial charge in [-0.15, -0.1) is 0 Å². The van der Waals surface area contributed by atoms with Crippen LogP contribution in [0.2, 0.25) is 0 Å². The van der Waals surface area contributed by atoms with E-state index in [-0.39, 0.29) is 17.7 Å². The number of anilines is 2. The zero-order valence-electron chi connectivity index (χ0n) is 20.3. The van der Waals surface area contributed by atoms with Gasteiger partial charge in [0.15, 0.2) is 17.3 Å². The smallest absolute Gasteiger partial charge is 0.166 e. The van der Waals surface area contributed by atoms with Crippen LogP contribution in [0.3, 0.4) is 0 Å². The third-order valence-electron chi connectivity index (χ3n) is 6.72. The molecule has 6 nitrogen and oxygen atoms in total. The quantitative estimate of drug-likeness (QED) is 0.455. The van der Waals surface area contributed by atoms with Crippen LogP contribution in [-0.4, -0.2) is 26.6 Å². The normalized spacial score (nSPS) is 19.0. The molecule has 1 aliphatic carbocycles. The fourth-order valence-corrected chi connectivity index (χ4v) is 5.17. The molecule has 2 N–H and O–H groups in total. The van der Waals surface area contributed by atoms with Crippen LogP contribution < -0.4 is 24.8 Å². The molecule has 3 aromatic carbocycles. The standard InChI is InChI=1S/C29H30N2O4/c1-4-35-29-20(11-9-15-26(29)34-3)28-27-23(30-21-12-6-7-13-22(21)31-28)16-18(17-24(27)32)19-10-5-8-14-25(19)33-2/h5-15,18,28,30-31H,4,16-17H2,1-3H3. The molecule has 6 heteroatoms. The van der Waals surface area contributed by atoms with Crippen LogP contribution >= 0.6 is 0 Å². The molecule has 0 amide bonds. The Morgan fingerprint density at radius 1 is 0.829 bits per heavy atom. The average Bonchev–Trinajstić information content (AvgIpc) is 3.05. The minimum Gasteiger partial charge on any atom is -0.496 e. The van der Waals surface area contributed by atoms with Crippen molar-refractivity contribution < 1.29 is 19.0 Å². The second kappa shape index (κ2) is 9.74. The predicted molar refractivity (Wildman–Crippen MR) is 138 cm³/mol. The van der Waals surface area contributed by atoms with Crippen molar-refractivity contribution >= 4 is 17.2 Å². The number of nitrogens with one attached hydrogen (secondary N) is 2. The number of methoxy groups -OCH3 is 2. The van der Waals surface area contributed by atoms with Gasteiger partial charge in [-0.25, -0.2) is 0 Å². The fourth-order valence-electron chi connectivity index (χ4n) is 5.17. The number of allylic oxidation sites excluding steroid dienone is 1. The van der Waals surface area contributed by atoms with Gasteiger partial charge in [0.2, 0.25) is 0 Å². The van der Waals surface area contributed by atoms with Gasteiger partial charge in [-0.2, -0.15) is 0 Å². The summed E-state index contributed by atoms with van der Waals surface area (Å²) >= 11 is 0. The van der Waals surface area contributed by atoms with Gasteiger partial charge in [0.1, 0.15) is 5.75 Å². The van der Waals surface area contributed by atoms with E-state index in [1.54, 1.807) is 14.2 Å². The molecule has 180 valence electrons. The highest BCUT2D eigenvalue weighted by Crippen LogP contribution is 2.48. The van der Waals surface area contributed by atoms with Gasteiger partial charge in [-0.3, -0.25) is 4.79 Å². The zero-order chi connectivity index (χ0) is 24.4. The van der Waals surface area contributed by atoms with Crippen molar-refractivity contribution in [2.75, 3.05) is 31.5 Å². The average molecular weight is 471 g/mol.